The number of hydrogen-bond acceptors (Lipinski definition) is 6. The van der Waals surface area contributed by atoms with Crippen molar-refractivity contribution in [1.82, 2.24) is 14.9 Å². The van der Waals surface area contributed by atoms with Crippen LogP contribution in [0.1, 0.15) is 16.7 Å². The summed E-state index contributed by atoms with van der Waals surface area (Å²) >= 11 is 5.00. The topological polar surface area (TPSA) is 81.5 Å². The van der Waals surface area contributed by atoms with E-state index in [1.807, 2.05) is 31.2 Å². The first kappa shape index (κ1) is 18.5. The Hall–Kier alpha value is -3.26. The van der Waals surface area contributed by atoms with E-state index in [0.717, 1.165) is 22.0 Å². The van der Waals surface area contributed by atoms with Crippen LogP contribution in [-0.2, 0) is 6.61 Å². The van der Waals surface area contributed by atoms with Crippen molar-refractivity contribution in [1.29, 1.82) is 0 Å². The van der Waals surface area contributed by atoms with Gasteiger partial charge in [0, 0.05) is 0 Å². The van der Waals surface area contributed by atoms with Crippen molar-refractivity contribution in [2.45, 2.75) is 13.5 Å². The molecule has 0 aliphatic rings. The van der Waals surface area contributed by atoms with E-state index in [1.165, 1.54) is 11.8 Å². The van der Waals surface area contributed by atoms with Crippen LogP contribution in [0.4, 0.5) is 0 Å². The zero-order chi connectivity index (χ0) is 19.2. The first-order chi connectivity index (χ1) is 13.1. The second-order valence-corrected chi connectivity index (χ2v) is 6.14. The van der Waals surface area contributed by atoms with Gasteiger partial charge in [-0.15, -0.1) is 0 Å². The van der Waals surface area contributed by atoms with E-state index in [0.29, 0.717) is 18.1 Å². The minimum Gasteiger partial charge on any atom is -0.493 e. The fraction of sp³-hybridized carbons (Fsp3) is 0.158. The molecule has 8 heteroatoms. The molecule has 3 rings (SSSR count). The van der Waals surface area contributed by atoms with Crippen molar-refractivity contribution >= 4 is 18.4 Å². The summed E-state index contributed by atoms with van der Waals surface area (Å²) in [5, 5.41) is 10.2. The molecule has 0 spiro atoms. The Labute approximate surface area is 160 Å². The van der Waals surface area contributed by atoms with Gasteiger partial charge in [-0.25, -0.2) is 0 Å². The average molecular weight is 382 g/mol. The van der Waals surface area contributed by atoms with Gasteiger partial charge in [-0.1, -0.05) is 29.8 Å². The van der Waals surface area contributed by atoms with Gasteiger partial charge < -0.3 is 9.47 Å². The number of methoxy groups -OCH3 is 1. The van der Waals surface area contributed by atoms with E-state index < -0.39 is 5.56 Å². The van der Waals surface area contributed by atoms with Gasteiger partial charge in [0.15, 0.2) is 11.5 Å². The van der Waals surface area contributed by atoms with Crippen LogP contribution in [0.25, 0.3) is 0 Å². The molecule has 0 fully saturated rings. The highest BCUT2D eigenvalue weighted by molar-refractivity contribution is 7.71. The summed E-state index contributed by atoms with van der Waals surface area (Å²) in [7, 11) is 1.57. The van der Waals surface area contributed by atoms with E-state index in [-0.39, 0.29) is 4.77 Å². The monoisotopic (exact) mass is 382 g/mol. The molecule has 3 aromatic rings. The summed E-state index contributed by atoms with van der Waals surface area (Å²) in [6.07, 6.45) is 2.62. The van der Waals surface area contributed by atoms with Crippen LogP contribution in [0, 0.1) is 11.7 Å². The number of rotatable bonds is 6. The summed E-state index contributed by atoms with van der Waals surface area (Å²) in [4.78, 5) is 11.7. The number of aromatic nitrogens is 3. The molecule has 0 amide bonds. The second-order valence-electron chi connectivity index (χ2n) is 5.76. The van der Waals surface area contributed by atoms with Crippen molar-refractivity contribution < 1.29 is 9.47 Å². The van der Waals surface area contributed by atoms with Gasteiger partial charge in [0.25, 0.3) is 5.56 Å². The standard InChI is InChI=1S/C19H18N4O3S/c1-13-4-3-5-15(8-13)12-26-16-7-6-14(9-17(16)25-2)10-21-23-18(24)11-20-22-19(23)27/h3-11H,12H2,1-2H3,(H,22,27)/b21-10+. The minimum atomic E-state index is -0.417. The van der Waals surface area contributed by atoms with Crippen molar-refractivity contribution in [3.63, 3.8) is 0 Å². The molecule has 1 N–H and O–H groups in total. The second kappa shape index (κ2) is 8.41. The number of hydrogen-bond donors (Lipinski definition) is 1. The van der Waals surface area contributed by atoms with Crippen LogP contribution in [0.2, 0.25) is 0 Å². The third-order valence-electron chi connectivity index (χ3n) is 3.72. The molecule has 1 aromatic heterocycles. The summed E-state index contributed by atoms with van der Waals surface area (Å²) in [6, 6.07) is 13.5. The van der Waals surface area contributed by atoms with Crippen molar-refractivity contribution in [3.8, 4) is 11.5 Å². The van der Waals surface area contributed by atoms with Crippen LogP contribution < -0.4 is 15.0 Å². The van der Waals surface area contributed by atoms with Gasteiger partial charge in [0.05, 0.1) is 13.3 Å². The lowest BCUT2D eigenvalue weighted by atomic mass is 10.1. The lowest BCUT2D eigenvalue weighted by molar-refractivity contribution is 0.284. The van der Waals surface area contributed by atoms with Gasteiger partial charge in [-0.3, -0.25) is 9.89 Å². The van der Waals surface area contributed by atoms with Crippen LogP contribution in [0.15, 0.2) is 58.6 Å². The molecule has 0 radical (unpaired) electrons. The molecule has 1 heterocycles. The lowest BCUT2D eigenvalue weighted by Gasteiger charge is -2.11. The first-order valence-corrected chi connectivity index (χ1v) is 8.55. The number of nitrogens with zero attached hydrogens (tertiary/aromatic N) is 3. The van der Waals surface area contributed by atoms with Crippen molar-refractivity contribution in [2.24, 2.45) is 5.10 Å². The molecule has 0 saturated heterocycles. The predicted octanol–water partition coefficient (Wildman–Crippen LogP) is 3.08. The number of H-pyrrole nitrogens is 1. The molecule has 0 aliphatic carbocycles. The van der Waals surface area contributed by atoms with E-state index in [1.54, 1.807) is 19.2 Å². The van der Waals surface area contributed by atoms with Crippen LogP contribution in [0.3, 0.4) is 0 Å². The van der Waals surface area contributed by atoms with Gasteiger partial charge in [0.1, 0.15) is 12.8 Å². The molecule has 0 saturated carbocycles. The van der Waals surface area contributed by atoms with Crippen LogP contribution >= 0.6 is 12.2 Å². The first-order valence-electron chi connectivity index (χ1n) is 8.14. The maximum Gasteiger partial charge on any atom is 0.293 e. The van der Waals surface area contributed by atoms with E-state index in [4.69, 9.17) is 21.7 Å². The Morgan fingerprint density at radius 3 is 2.85 bits per heavy atom. The number of benzene rings is 2. The SMILES string of the molecule is COc1cc(/C=N/n2c(=O)cn[nH]c2=S)ccc1OCc1cccc(C)c1. The molecule has 2 aromatic carbocycles. The molecule has 7 nitrogen and oxygen atoms in total. The highest BCUT2D eigenvalue weighted by atomic mass is 32.1. The number of ether oxygens (including phenoxy) is 2. The van der Waals surface area contributed by atoms with Crippen molar-refractivity contribution in [2.75, 3.05) is 7.11 Å². The van der Waals surface area contributed by atoms with Gasteiger partial charge in [0.2, 0.25) is 4.77 Å². The Morgan fingerprint density at radius 1 is 1.26 bits per heavy atom. The Balaban J connectivity index is 1.79. The maximum atomic E-state index is 11.7. The average Bonchev–Trinajstić information content (AvgIpc) is 2.66. The van der Waals surface area contributed by atoms with Gasteiger partial charge in [-0.2, -0.15) is 14.9 Å². The molecule has 0 aliphatic heterocycles. The number of nitrogens with one attached hydrogen (secondary N) is 1. The quantitative estimate of drug-likeness (QED) is 0.523. The lowest BCUT2D eigenvalue weighted by Crippen LogP contribution is -2.18. The third-order valence-corrected chi connectivity index (χ3v) is 3.99. The number of aromatic amines is 1. The Bertz CT molecular complexity index is 1060. The van der Waals surface area contributed by atoms with Crippen LogP contribution in [-0.4, -0.2) is 28.2 Å². The molecule has 0 atom stereocenters. The molecular weight excluding hydrogens is 364 g/mol. The van der Waals surface area contributed by atoms with Crippen LogP contribution in [0.5, 0.6) is 11.5 Å². The highest BCUT2D eigenvalue weighted by Gasteiger charge is 2.06. The summed E-state index contributed by atoms with van der Waals surface area (Å²) in [6.45, 7) is 2.48. The largest absolute Gasteiger partial charge is 0.493 e. The zero-order valence-electron chi connectivity index (χ0n) is 14.9. The molecule has 27 heavy (non-hydrogen) atoms. The third kappa shape index (κ3) is 4.68. The Kier molecular flexibility index (Phi) is 5.77. The minimum absolute atomic E-state index is 0.115. The predicted molar refractivity (Wildman–Crippen MR) is 105 cm³/mol. The molecule has 0 unspecified atom stereocenters. The van der Waals surface area contributed by atoms with E-state index >= 15 is 0 Å². The van der Waals surface area contributed by atoms with Gasteiger partial charge >= 0.3 is 0 Å². The van der Waals surface area contributed by atoms with Crippen molar-refractivity contribution in [3.05, 3.63) is 80.5 Å². The normalized spacial score (nSPS) is 10.9. The highest BCUT2D eigenvalue weighted by Crippen LogP contribution is 2.28. The fourth-order valence-electron chi connectivity index (χ4n) is 2.43. The number of aryl methyl sites for hydroxylation is 1. The molecule has 0 bridgehead atoms. The molecular formula is C19H18N4O3S. The molecule has 138 valence electrons. The Morgan fingerprint density at radius 2 is 2.11 bits per heavy atom. The van der Waals surface area contributed by atoms with E-state index in [9.17, 15) is 4.79 Å². The van der Waals surface area contributed by atoms with Gasteiger partial charge in [-0.05, 0) is 48.5 Å². The summed E-state index contributed by atoms with van der Waals surface area (Å²) < 4.78 is 12.4. The maximum absolute atomic E-state index is 11.7. The fourth-order valence-corrected chi connectivity index (χ4v) is 2.62. The van der Waals surface area contributed by atoms with E-state index in [2.05, 4.69) is 21.4 Å². The zero-order valence-corrected chi connectivity index (χ0v) is 15.7. The summed E-state index contributed by atoms with van der Waals surface area (Å²) in [5.41, 5.74) is 2.57. The smallest absolute Gasteiger partial charge is 0.293 e. The summed E-state index contributed by atoms with van der Waals surface area (Å²) in [5.74, 6) is 1.19.